The number of nitrogens with zero attached hydrogens (tertiary/aromatic N) is 3. The fourth-order valence-electron chi connectivity index (χ4n) is 4.08. The average Bonchev–Trinajstić information content (AvgIpc) is 2.82. The summed E-state index contributed by atoms with van der Waals surface area (Å²) in [5, 5.41) is 0. The van der Waals surface area contributed by atoms with Gasteiger partial charge in [0, 0.05) is 56.4 Å². The Labute approximate surface area is 193 Å². The van der Waals surface area contributed by atoms with E-state index in [1.165, 1.54) is 16.8 Å². The third-order valence-corrected chi connectivity index (χ3v) is 6.23. The molecule has 1 aromatic carbocycles. The van der Waals surface area contributed by atoms with Crippen molar-refractivity contribution in [2.24, 2.45) is 5.92 Å². The summed E-state index contributed by atoms with van der Waals surface area (Å²) in [6.07, 6.45) is 18.0. The highest BCUT2D eigenvalue weighted by Gasteiger charge is 2.16. The molecule has 1 atom stereocenters. The lowest BCUT2D eigenvalue weighted by atomic mass is 9.96. The van der Waals surface area contributed by atoms with Gasteiger partial charge in [-0.2, -0.15) is 0 Å². The van der Waals surface area contributed by atoms with Crippen molar-refractivity contribution in [1.29, 1.82) is 0 Å². The molecular weight excluding hydrogens is 394 g/mol. The summed E-state index contributed by atoms with van der Waals surface area (Å²) in [5.41, 5.74) is 4.61. The zero-order valence-corrected chi connectivity index (χ0v) is 19.6. The number of carbonyl (C=O) groups is 1. The number of anilines is 1. The Morgan fingerprint density at radius 1 is 1.03 bits per heavy atom. The van der Waals surface area contributed by atoms with Crippen molar-refractivity contribution in [3.8, 4) is 0 Å². The number of hydrogen-bond donors (Lipinski definition) is 0. The maximum atomic E-state index is 11.5. The molecule has 0 amide bonds. The normalized spacial score (nSPS) is 18.9. The van der Waals surface area contributed by atoms with E-state index in [1.54, 1.807) is 0 Å². The van der Waals surface area contributed by atoms with Crippen LogP contribution in [0.4, 0.5) is 5.69 Å². The van der Waals surface area contributed by atoms with Gasteiger partial charge >= 0.3 is 0 Å². The first-order chi connectivity index (χ1) is 15.7. The summed E-state index contributed by atoms with van der Waals surface area (Å²) >= 11 is 0. The van der Waals surface area contributed by atoms with Crippen LogP contribution in [0.15, 0.2) is 67.0 Å². The van der Waals surface area contributed by atoms with Gasteiger partial charge in [0.25, 0.3) is 0 Å². The molecule has 170 valence electrons. The van der Waals surface area contributed by atoms with Gasteiger partial charge in [-0.05, 0) is 54.5 Å². The zero-order valence-electron chi connectivity index (χ0n) is 19.6. The van der Waals surface area contributed by atoms with Crippen LogP contribution in [0.1, 0.15) is 54.6 Å². The zero-order chi connectivity index (χ0) is 22.6. The Bertz CT molecular complexity index is 891. The molecule has 3 rings (SSSR count). The van der Waals surface area contributed by atoms with Crippen LogP contribution in [0.3, 0.4) is 0 Å². The number of allylic oxidation sites excluding steroid dienone is 2. The monoisotopic (exact) mass is 431 g/mol. The third-order valence-electron chi connectivity index (χ3n) is 6.23. The predicted molar refractivity (Wildman–Crippen MR) is 134 cm³/mol. The molecule has 0 bridgehead atoms. The largest absolute Gasteiger partial charge is 0.370 e. The van der Waals surface area contributed by atoms with Crippen molar-refractivity contribution in [2.45, 2.75) is 46.1 Å². The van der Waals surface area contributed by atoms with Crippen LogP contribution in [0.5, 0.6) is 0 Å². The topological polar surface area (TPSA) is 36.4 Å². The molecule has 0 aliphatic carbocycles. The van der Waals surface area contributed by atoms with Crippen molar-refractivity contribution in [2.75, 3.05) is 31.1 Å². The van der Waals surface area contributed by atoms with E-state index in [4.69, 9.17) is 0 Å². The molecule has 4 heteroatoms. The van der Waals surface area contributed by atoms with E-state index in [-0.39, 0.29) is 0 Å². The van der Waals surface area contributed by atoms with Gasteiger partial charge in [0.2, 0.25) is 0 Å². The Morgan fingerprint density at radius 2 is 1.84 bits per heavy atom. The van der Waals surface area contributed by atoms with Gasteiger partial charge in [-0.3, -0.25) is 14.7 Å². The minimum atomic E-state index is 0.622. The molecule has 0 radical (unpaired) electrons. The first-order valence-corrected chi connectivity index (χ1v) is 11.9. The second kappa shape index (κ2) is 13.0. The molecule has 2 heterocycles. The van der Waals surface area contributed by atoms with E-state index in [1.807, 2.05) is 18.5 Å². The van der Waals surface area contributed by atoms with E-state index < -0.39 is 0 Å². The quantitative estimate of drug-likeness (QED) is 0.416. The summed E-state index contributed by atoms with van der Waals surface area (Å²) in [7, 11) is 0. The molecule has 1 aromatic heterocycles. The van der Waals surface area contributed by atoms with Crippen molar-refractivity contribution in [1.82, 2.24) is 9.88 Å². The van der Waals surface area contributed by atoms with E-state index in [2.05, 4.69) is 77.2 Å². The molecule has 32 heavy (non-hydrogen) atoms. The lowest BCUT2D eigenvalue weighted by Crippen LogP contribution is -2.36. The Balaban J connectivity index is 1.85. The fourth-order valence-corrected chi connectivity index (χ4v) is 4.08. The molecule has 0 fully saturated rings. The fraction of sp³-hybridized carbons (Fsp3) is 0.429. The molecule has 0 saturated heterocycles. The van der Waals surface area contributed by atoms with Gasteiger partial charge < -0.3 is 4.90 Å². The van der Waals surface area contributed by atoms with Gasteiger partial charge in [-0.1, -0.05) is 56.7 Å². The highest BCUT2D eigenvalue weighted by molar-refractivity contribution is 5.78. The summed E-state index contributed by atoms with van der Waals surface area (Å²) in [5.74, 6) is 0.622. The number of carbonyl (C=O) groups excluding carboxylic acids is 1. The first kappa shape index (κ1) is 23.9. The highest BCUT2D eigenvalue weighted by Crippen LogP contribution is 2.26. The van der Waals surface area contributed by atoms with E-state index in [0.717, 1.165) is 70.3 Å². The summed E-state index contributed by atoms with van der Waals surface area (Å²) in [6.45, 7) is 9.24. The summed E-state index contributed by atoms with van der Waals surface area (Å²) < 4.78 is 0. The maximum Gasteiger partial charge on any atom is 0.150 e. The number of benzene rings is 1. The highest BCUT2D eigenvalue weighted by atomic mass is 16.1. The van der Waals surface area contributed by atoms with Gasteiger partial charge in [0.1, 0.15) is 6.29 Å². The Morgan fingerprint density at radius 3 is 2.62 bits per heavy atom. The van der Waals surface area contributed by atoms with Crippen molar-refractivity contribution in [3.05, 3.63) is 83.7 Å². The molecule has 1 unspecified atom stereocenters. The van der Waals surface area contributed by atoms with E-state index >= 15 is 0 Å². The first-order valence-electron chi connectivity index (χ1n) is 11.9. The van der Waals surface area contributed by atoms with Crippen LogP contribution >= 0.6 is 0 Å². The molecule has 2 aromatic rings. The SMILES string of the molecule is CCC(C)Cc1ccc(C=O)cc1N1CC/C=C\C/C=C\CN(Cc2ccncc2)CC1. The molecule has 0 N–H and O–H groups in total. The number of hydrogen-bond acceptors (Lipinski definition) is 4. The van der Waals surface area contributed by atoms with Crippen LogP contribution < -0.4 is 4.90 Å². The van der Waals surface area contributed by atoms with Gasteiger partial charge in [-0.25, -0.2) is 0 Å². The molecule has 0 spiro atoms. The van der Waals surface area contributed by atoms with Crippen LogP contribution in [0.2, 0.25) is 0 Å². The average molecular weight is 432 g/mol. The van der Waals surface area contributed by atoms with E-state index in [0.29, 0.717) is 5.92 Å². The van der Waals surface area contributed by atoms with Crippen LogP contribution in [-0.4, -0.2) is 42.3 Å². The lowest BCUT2D eigenvalue weighted by molar-refractivity contribution is 0.112. The number of aromatic nitrogens is 1. The summed E-state index contributed by atoms with van der Waals surface area (Å²) in [6, 6.07) is 10.4. The minimum absolute atomic E-state index is 0.622. The predicted octanol–water partition coefficient (Wildman–Crippen LogP) is 5.70. The van der Waals surface area contributed by atoms with Crippen molar-refractivity contribution < 1.29 is 4.79 Å². The molecule has 4 nitrogen and oxygen atoms in total. The smallest absolute Gasteiger partial charge is 0.150 e. The number of rotatable bonds is 7. The van der Waals surface area contributed by atoms with E-state index in [9.17, 15) is 4.79 Å². The standard InChI is InChI=1S/C28H37N3O/c1-3-24(2)20-27-11-10-26(23-32)21-28(27)31-17-9-7-5-4-6-8-16-30(18-19-31)22-25-12-14-29-15-13-25/h5-8,10-15,21,23-24H,3-4,9,16-20,22H2,1-2H3/b7-5-,8-6-. The third kappa shape index (κ3) is 7.45. The molecule has 0 saturated carbocycles. The van der Waals surface area contributed by atoms with Crippen molar-refractivity contribution >= 4 is 12.0 Å². The molecule has 1 aliphatic heterocycles. The summed E-state index contributed by atoms with van der Waals surface area (Å²) in [4.78, 5) is 20.7. The maximum absolute atomic E-state index is 11.5. The van der Waals surface area contributed by atoms with Crippen LogP contribution in [0.25, 0.3) is 0 Å². The van der Waals surface area contributed by atoms with Gasteiger partial charge in [0.15, 0.2) is 0 Å². The second-order valence-electron chi connectivity index (χ2n) is 8.77. The minimum Gasteiger partial charge on any atom is -0.370 e. The lowest BCUT2D eigenvalue weighted by Gasteiger charge is -2.31. The van der Waals surface area contributed by atoms with Crippen molar-refractivity contribution in [3.63, 3.8) is 0 Å². The Kier molecular flexibility index (Phi) is 9.70. The number of pyridine rings is 1. The number of aldehydes is 1. The second-order valence-corrected chi connectivity index (χ2v) is 8.77. The van der Waals surface area contributed by atoms with Crippen LogP contribution in [0, 0.1) is 5.92 Å². The van der Waals surface area contributed by atoms with Gasteiger partial charge in [-0.15, -0.1) is 0 Å². The van der Waals surface area contributed by atoms with Gasteiger partial charge in [0.05, 0.1) is 0 Å². The molecular formula is C28H37N3O. The van der Waals surface area contributed by atoms with Crippen LogP contribution in [-0.2, 0) is 13.0 Å². The molecule has 1 aliphatic rings. The Hall–Kier alpha value is -2.72.